The van der Waals surface area contributed by atoms with Crippen molar-refractivity contribution in [1.29, 1.82) is 0 Å². The third kappa shape index (κ3) is 2.07. The Kier molecular flexibility index (Phi) is 3.03. The Morgan fingerprint density at radius 1 is 1.36 bits per heavy atom. The second kappa shape index (κ2) is 4.28. The third-order valence-corrected chi connectivity index (χ3v) is 2.99. The Balaban J connectivity index is 1.83. The van der Waals surface area contributed by atoms with E-state index in [1.54, 1.807) is 0 Å². The van der Waals surface area contributed by atoms with Crippen molar-refractivity contribution in [2.45, 2.75) is 37.9 Å². The zero-order valence-corrected chi connectivity index (χ0v) is 8.45. The Morgan fingerprint density at radius 3 is 2.57 bits per heavy atom. The predicted molar refractivity (Wildman–Crippen MR) is 52.8 cm³/mol. The molecular weight excluding hydrogens is 180 g/mol. The molecule has 0 aromatic rings. The van der Waals surface area contributed by atoms with Crippen LogP contribution in [0.2, 0.25) is 0 Å². The highest BCUT2D eigenvalue weighted by Gasteiger charge is 2.35. The van der Waals surface area contributed by atoms with E-state index in [0.29, 0.717) is 25.2 Å². The molecule has 0 aliphatic carbocycles. The van der Waals surface area contributed by atoms with Gasteiger partial charge in [0, 0.05) is 19.5 Å². The van der Waals surface area contributed by atoms with Gasteiger partial charge in [-0.25, -0.2) is 0 Å². The van der Waals surface area contributed by atoms with Crippen molar-refractivity contribution in [2.75, 3.05) is 19.6 Å². The summed E-state index contributed by atoms with van der Waals surface area (Å²) in [6.07, 6.45) is 4.23. The second-order valence-corrected chi connectivity index (χ2v) is 4.15. The first-order chi connectivity index (χ1) is 6.79. The largest absolute Gasteiger partial charge is 0.371 e. The minimum atomic E-state index is 0.246. The molecule has 2 atom stereocenters. The van der Waals surface area contributed by atoms with Gasteiger partial charge in [-0.15, -0.1) is 0 Å². The zero-order valence-electron chi connectivity index (χ0n) is 8.45. The number of fused-ring (bicyclic) bond motifs is 2. The lowest BCUT2D eigenvalue weighted by Crippen LogP contribution is -2.45. The van der Waals surface area contributed by atoms with E-state index in [-0.39, 0.29) is 5.91 Å². The van der Waals surface area contributed by atoms with Gasteiger partial charge in [0.05, 0.1) is 12.2 Å². The number of ether oxygens (including phenoxy) is 1. The molecule has 2 aliphatic heterocycles. The van der Waals surface area contributed by atoms with Crippen molar-refractivity contribution in [3.8, 4) is 0 Å². The van der Waals surface area contributed by atoms with E-state index in [4.69, 9.17) is 10.5 Å². The van der Waals surface area contributed by atoms with Gasteiger partial charge in [0.1, 0.15) is 0 Å². The summed E-state index contributed by atoms with van der Waals surface area (Å²) in [7, 11) is 0. The summed E-state index contributed by atoms with van der Waals surface area (Å²) in [5.41, 5.74) is 5.38. The van der Waals surface area contributed by atoms with Gasteiger partial charge in [-0.3, -0.25) is 4.79 Å². The van der Waals surface area contributed by atoms with Crippen LogP contribution in [0, 0.1) is 0 Å². The Labute approximate surface area is 84.4 Å². The summed E-state index contributed by atoms with van der Waals surface area (Å²) in [6, 6.07) is 0. The fraction of sp³-hybridized carbons (Fsp3) is 0.900. The molecule has 2 aliphatic rings. The lowest BCUT2D eigenvalue weighted by Gasteiger charge is -2.32. The molecule has 4 heteroatoms. The minimum absolute atomic E-state index is 0.246. The fourth-order valence-corrected chi connectivity index (χ4v) is 2.23. The maximum absolute atomic E-state index is 11.7. The molecule has 2 saturated heterocycles. The highest BCUT2D eigenvalue weighted by molar-refractivity contribution is 5.76. The van der Waals surface area contributed by atoms with Gasteiger partial charge in [0.25, 0.3) is 0 Å². The van der Waals surface area contributed by atoms with Crippen molar-refractivity contribution in [3.05, 3.63) is 0 Å². The summed E-state index contributed by atoms with van der Waals surface area (Å²) in [4.78, 5) is 13.6. The van der Waals surface area contributed by atoms with Gasteiger partial charge >= 0.3 is 0 Å². The lowest BCUT2D eigenvalue weighted by molar-refractivity contribution is -0.139. The zero-order chi connectivity index (χ0) is 9.97. The van der Waals surface area contributed by atoms with E-state index in [9.17, 15) is 4.79 Å². The summed E-state index contributed by atoms with van der Waals surface area (Å²) in [5, 5.41) is 0. The van der Waals surface area contributed by atoms with Crippen molar-refractivity contribution in [3.63, 3.8) is 0 Å². The number of morpholine rings is 1. The van der Waals surface area contributed by atoms with E-state index in [0.717, 1.165) is 32.4 Å². The van der Waals surface area contributed by atoms with Crippen LogP contribution in [0.3, 0.4) is 0 Å². The Bertz CT molecular complexity index is 208. The smallest absolute Gasteiger partial charge is 0.222 e. The Morgan fingerprint density at radius 2 is 2.00 bits per heavy atom. The summed E-state index contributed by atoms with van der Waals surface area (Å²) in [5.74, 6) is 0.246. The van der Waals surface area contributed by atoms with Crippen LogP contribution in [0.25, 0.3) is 0 Å². The van der Waals surface area contributed by atoms with Crippen molar-refractivity contribution < 1.29 is 9.53 Å². The van der Waals surface area contributed by atoms with E-state index < -0.39 is 0 Å². The molecule has 2 bridgehead atoms. The van der Waals surface area contributed by atoms with Crippen LogP contribution in [-0.2, 0) is 9.53 Å². The van der Waals surface area contributed by atoms with Crippen LogP contribution < -0.4 is 5.73 Å². The molecule has 2 N–H and O–H groups in total. The third-order valence-electron chi connectivity index (χ3n) is 2.99. The molecule has 2 rings (SSSR count). The molecule has 0 aromatic heterocycles. The molecular formula is C10H18N2O2. The highest BCUT2D eigenvalue weighted by Crippen LogP contribution is 2.26. The molecule has 14 heavy (non-hydrogen) atoms. The number of hydrogen-bond acceptors (Lipinski definition) is 3. The van der Waals surface area contributed by atoms with Crippen LogP contribution in [-0.4, -0.2) is 42.6 Å². The number of rotatable bonds is 3. The van der Waals surface area contributed by atoms with Crippen molar-refractivity contribution >= 4 is 5.91 Å². The number of carbonyl (C=O) groups is 1. The minimum Gasteiger partial charge on any atom is -0.371 e. The molecule has 2 fully saturated rings. The van der Waals surface area contributed by atoms with E-state index in [1.165, 1.54) is 0 Å². The van der Waals surface area contributed by atoms with Crippen LogP contribution in [0.1, 0.15) is 25.7 Å². The maximum Gasteiger partial charge on any atom is 0.222 e. The molecule has 2 heterocycles. The SMILES string of the molecule is NCCCC(=O)N1CC2CCC(C1)O2. The van der Waals surface area contributed by atoms with Crippen LogP contribution in [0.15, 0.2) is 0 Å². The van der Waals surface area contributed by atoms with Crippen LogP contribution in [0.4, 0.5) is 0 Å². The molecule has 0 aromatic carbocycles. The number of nitrogens with zero attached hydrogens (tertiary/aromatic N) is 1. The van der Waals surface area contributed by atoms with Gasteiger partial charge in [-0.2, -0.15) is 0 Å². The quantitative estimate of drug-likeness (QED) is 0.700. The number of amides is 1. The van der Waals surface area contributed by atoms with Crippen molar-refractivity contribution in [2.24, 2.45) is 5.73 Å². The summed E-state index contributed by atoms with van der Waals surface area (Å²) in [6.45, 7) is 2.18. The van der Waals surface area contributed by atoms with Crippen LogP contribution in [0.5, 0.6) is 0 Å². The number of likely N-dealkylation sites (tertiary alicyclic amines) is 1. The molecule has 80 valence electrons. The number of hydrogen-bond donors (Lipinski definition) is 1. The van der Waals surface area contributed by atoms with E-state index >= 15 is 0 Å². The number of carbonyl (C=O) groups excluding carboxylic acids is 1. The highest BCUT2D eigenvalue weighted by atomic mass is 16.5. The van der Waals surface area contributed by atoms with Gasteiger partial charge in [-0.05, 0) is 25.8 Å². The summed E-state index contributed by atoms with van der Waals surface area (Å²) >= 11 is 0. The Hall–Kier alpha value is -0.610. The first-order valence-corrected chi connectivity index (χ1v) is 5.43. The average Bonchev–Trinajstić information content (AvgIpc) is 2.54. The average molecular weight is 198 g/mol. The van der Waals surface area contributed by atoms with Crippen molar-refractivity contribution in [1.82, 2.24) is 4.90 Å². The first kappa shape index (κ1) is 9.93. The van der Waals surface area contributed by atoms with E-state index in [1.807, 2.05) is 4.90 Å². The summed E-state index contributed by atoms with van der Waals surface area (Å²) < 4.78 is 5.66. The molecule has 0 spiro atoms. The van der Waals surface area contributed by atoms with Gasteiger partial charge in [-0.1, -0.05) is 0 Å². The molecule has 0 saturated carbocycles. The molecule has 1 amide bonds. The molecule has 2 unspecified atom stereocenters. The normalized spacial score (nSPS) is 30.8. The standard InChI is InChI=1S/C10H18N2O2/c11-5-1-2-10(13)12-6-8-3-4-9(7-12)14-8/h8-9H,1-7,11H2. The van der Waals surface area contributed by atoms with Gasteiger partial charge < -0.3 is 15.4 Å². The van der Waals surface area contributed by atoms with Gasteiger partial charge in [0.2, 0.25) is 5.91 Å². The first-order valence-electron chi connectivity index (χ1n) is 5.43. The predicted octanol–water partition coefficient (Wildman–Crippen LogP) is 0.115. The number of nitrogens with two attached hydrogens (primary N) is 1. The second-order valence-electron chi connectivity index (χ2n) is 4.15. The van der Waals surface area contributed by atoms with E-state index in [2.05, 4.69) is 0 Å². The fourth-order valence-electron chi connectivity index (χ4n) is 2.23. The van der Waals surface area contributed by atoms with Gasteiger partial charge in [0.15, 0.2) is 0 Å². The monoisotopic (exact) mass is 198 g/mol. The maximum atomic E-state index is 11.7. The lowest BCUT2D eigenvalue weighted by atomic mass is 10.2. The molecule has 0 radical (unpaired) electrons. The molecule has 4 nitrogen and oxygen atoms in total. The van der Waals surface area contributed by atoms with Crippen LogP contribution >= 0.6 is 0 Å². The topological polar surface area (TPSA) is 55.6 Å².